The van der Waals surface area contributed by atoms with Crippen LogP contribution < -0.4 is 10.3 Å². The van der Waals surface area contributed by atoms with E-state index < -0.39 is 0 Å². The number of pyridine rings is 1. The van der Waals surface area contributed by atoms with Gasteiger partial charge in [0.1, 0.15) is 5.82 Å². The first-order valence-corrected chi connectivity index (χ1v) is 4.77. The molecule has 0 saturated carbocycles. The molecule has 0 radical (unpaired) electrons. The van der Waals surface area contributed by atoms with Crippen molar-refractivity contribution in [2.24, 2.45) is 0 Å². The fourth-order valence-corrected chi connectivity index (χ4v) is 1.38. The SMILES string of the molecule is COc1ccc(-c2cc(=O)[nH]c(C)n2)cn1. The van der Waals surface area contributed by atoms with Crippen LogP contribution in [0.5, 0.6) is 5.88 Å². The zero-order chi connectivity index (χ0) is 11.5. The first kappa shape index (κ1) is 10.4. The summed E-state index contributed by atoms with van der Waals surface area (Å²) in [5, 5.41) is 0. The van der Waals surface area contributed by atoms with Gasteiger partial charge in [-0.15, -0.1) is 0 Å². The van der Waals surface area contributed by atoms with Gasteiger partial charge in [-0.05, 0) is 13.0 Å². The Balaban J connectivity index is 2.46. The van der Waals surface area contributed by atoms with Gasteiger partial charge in [0.15, 0.2) is 0 Å². The third-order valence-corrected chi connectivity index (χ3v) is 2.10. The predicted octanol–water partition coefficient (Wildman–Crippen LogP) is 1.15. The molecular weight excluding hydrogens is 206 g/mol. The molecule has 2 aromatic heterocycles. The number of nitrogens with one attached hydrogen (secondary N) is 1. The molecule has 82 valence electrons. The molecule has 0 fully saturated rings. The molecule has 0 unspecified atom stereocenters. The highest BCUT2D eigenvalue weighted by Crippen LogP contribution is 2.16. The van der Waals surface area contributed by atoms with Gasteiger partial charge in [-0.3, -0.25) is 4.79 Å². The molecule has 0 aliphatic heterocycles. The molecule has 0 atom stereocenters. The van der Waals surface area contributed by atoms with Crippen molar-refractivity contribution in [2.75, 3.05) is 7.11 Å². The molecule has 0 amide bonds. The average molecular weight is 217 g/mol. The third kappa shape index (κ3) is 2.08. The van der Waals surface area contributed by atoms with Crippen molar-refractivity contribution >= 4 is 0 Å². The summed E-state index contributed by atoms with van der Waals surface area (Å²) in [5.41, 5.74) is 1.23. The Hall–Kier alpha value is -2.17. The van der Waals surface area contributed by atoms with E-state index in [1.807, 2.05) is 6.07 Å². The molecular formula is C11H11N3O2. The van der Waals surface area contributed by atoms with E-state index in [9.17, 15) is 4.79 Å². The molecule has 0 saturated heterocycles. The summed E-state index contributed by atoms with van der Waals surface area (Å²) in [6.45, 7) is 1.74. The standard InChI is InChI=1S/C11H11N3O2/c1-7-13-9(5-10(15)14-7)8-3-4-11(16-2)12-6-8/h3-6H,1-2H3,(H,13,14,15). The van der Waals surface area contributed by atoms with Crippen molar-refractivity contribution < 1.29 is 4.74 Å². The van der Waals surface area contributed by atoms with Crippen LogP contribution in [0.15, 0.2) is 29.2 Å². The second kappa shape index (κ2) is 4.14. The predicted molar refractivity (Wildman–Crippen MR) is 59.4 cm³/mol. The number of aromatic amines is 1. The topological polar surface area (TPSA) is 67.9 Å². The van der Waals surface area contributed by atoms with Crippen LogP contribution >= 0.6 is 0 Å². The van der Waals surface area contributed by atoms with E-state index in [4.69, 9.17) is 4.74 Å². The Kier molecular flexibility index (Phi) is 2.68. The lowest BCUT2D eigenvalue weighted by molar-refractivity contribution is 0.398. The largest absolute Gasteiger partial charge is 0.481 e. The minimum atomic E-state index is -0.168. The van der Waals surface area contributed by atoms with E-state index in [-0.39, 0.29) is 5.56 Å². The fraction of sp³-hybridized carbons (Fsp3) is 0.182. The van der Waals surface area contributed by atoms with Crippen LogP contribution in [0, 0.1) is 6.92 Å². The van der Waals surface area contributed by atoms with E-state index in [1.54, 1.807) is 26.3 Å². The van der Waals surface area contributed by atoms with Crippen molar-refractivity contribution in [2.45, 2.75) is 6.92 Å². The lowest BCUT2D eigenvalue weighted by Gasteiger charge is -2.02. The van der Waals surface area contributed by atoms with Crippen molar-refractivity contribution in [1.29, 1.82) is 0 Å². The molecule has 0 aliphatic rings. The molecule has 5 heteroatoms. The summed E-state index contributed by atoms with van der Waals surface area (Å²) in [6, 6.07) is 4.98. The zero-order valence-electron chi connectivity index (χ0n) is 9.02. The Morgan fingerprint density at radius 1 is 1.38 bits per heavy atom. The molecule has 2 aromatic rings. The minimum absolute atomic E-state index is 0.168. The van der Waals surface area contributed by atoms with Gasteiger partial charge in [0.2, 0.25) is 5.88 Å². The molecule has 16 heavy (non-hydrogen) atoms. The molecule has 0 aliphatic carbocycles. The van der Waals surface area contributed by atoms with E-state index >= 15 is 0 Å². The number of methoxy groups -OCH3 is 1. The Morgan fingerprint density at radius 3 is 2.75 bits per heavy atom. The smallest absolute Gasteiger partial charge is 0.251 e. The number of aryl methyl sites for hydroxylation is 1. The molecule has 0 aromatic carbocycles. The van der Waals surface area contributed by atoms with Gasteiger partial charge in [-0.25, -0.2) is 9.97 Å². The summed E-state index contributed by atoms with van der Waals surface area (Å²) >= 11 is 0. The molecule has 1 N–H and O–H groups in total. The van der Waals surface area contributed by atoms with Gasteiger partial charge < -0.3 is 9.72 Å². The second-order valence-electron chi connectivity index (χ2n) is 3.31. The number of H-pyrrole nitrogens is 1. The number of hydrogen-bond acceptors (Lipinski definition) is 4. The van der Waals surface area contributed by atoms with Crippen molar-refractivity contribution in [3.8, 4) is 17.1 Å². The quantitative estimate of drug-likeness (QED) is 0.819. The van der Waals surface area contributed by atoms with Gasteiger partial charge in [-0.2, -0.15) is 0 Å². The fourth-order valence-electron chi connectivity index (χ4n) is 1.38. The van der Waals surface area contributed by atoms with Crippen LogP contribution in [-0.2, 0) is 0 Å². The molecule has 0 bridgehead atoms. The van der Waals surface area contributed by atoms with Crippen LogP contribution in [0.3, 0.4) is 0 Å². The monoisotopic (exact) mass is 217 g/mol. The number of hydrogen-bond donors (Lipinski definition) is 1. The van der Waals surface area contributed by atoms with Crippen molar-refractivity contribution in [1.82, 2.24) is 15.0 Å². The molecule has 0 spiro atoms. The summed E-state index contributed by atoms with van der Waals surface area (Å²) in [5.74, 6) is 1.11. The first-order valence-electron chi connectivity index (χ1n) is 4.77. The Labute approximate surface area is 92.2 Å². The second-order valence-corrected chi connectivity index (χ2v) is 3.31. The normalized spacial score (nSPS) is 10.1. The number of nitrogens with zero attached hydrogens (tertiary/aromatic N) is 2. The van der Waals surface area contributed by atoms with Crippen LogP contribution in [0.1, 0.15) is 5.82 Å². The van der Waals surface area contributed by atoms with Gasteiger partial charge in [-0.1, -0.05) is 0 Å². The maximum absolute atomic E-state index is 11.3. The van der Waals surface area contributed by atoms with E-state index in [0.717, 1.165) is 5.56 Å². The Bertz CT molecular complexity index is 546. The number of rotatable bonds is 2. The molecule has 2 heterocycles. The van der Waals surface area contributed by atoms with Crippen molar-refractivity contribution in [3.05, 3.63) is 40.6 Å². The summed E-state index contributed by atoms with van der Waals surface area (Å²) in [6.07, 6.45) is 1.63. The van der Waals surface area contributed by atoms with Crippen molar-refractivity contribution in [3.63, 3.8) is 0 Å². The van der Waals surface area contributed by atoms with Gasteiger partial charge in [0.25, 0.3) is 5.56 Å². The minimum Gasteiger partial charge on any atom is -0.481 e. The summed E-state index contributed by atoms with van der Waals surface area (Å²) in [7, 11) is 1.55. The first-order chi connectivity index (χ1) is 7.69. The van der Waals surface area contributed by atoms with E-state index in [2.05, 4.69) is 15.0 Å². The lowest BCUT2D eigenvalue weighted by atomic mass is 10.2. The maximum atomic E-state index is 11.3. The highest BCUT2D eigenvalue weighted by Gasteiger charge is 2.02. The summed E-state index contributed by atoms with van der Waals surface area (Å²) < 4.78 is 4.95. The maximum Gasteiger partial charge on any atom is 0.251 e. The van der Waals surface area contributed by atoms with Gasteiger partial charge >= 0.3 is 0 Å². The highest BCUT2D eigenvalue weighted by molar-refractivity contribution is 5.57. The molecule has 2 rings (SSSR count). The number of aromatic nitrogens is 3. The van der Waals surface area contributed by atoms with Gasteiger partial charge in [0, 0.05) is 23.9 Å². The van der Waals surface area contributed by atoms with Gasteiger partial charge in [0.05, 0.1) is 12.8 Å². The van der Waals surface area contributed by atoms with Crippen LogP contribution in [0.25, 0.3) is 11.3 Å². The average Bonchev–Trinajstić information content (AvgIpc) is 2.28. The summed E-state index contributed by atoms with van der Waals surface area (Å²) in [4.78, 5) is 22.1. The number of ether oxygens (including phenoxy) is 1. The van der Waals surface area contributed by atoms with Crippen LogP contribution in [-0.4, -0.2) is 22.1 Å². The highest BCUT2D eigenvalue weighted by atomic mass is 16.5. The van der Waals surface area contributed by atoms with E-state index in [1.165, 1.54) is 6.07 Å². The van der Waals surface area contributed by atoms with E-state index in [0.29, 0.717) is 17.4 Å². The van der Waals surface area contributed by atoms with Crippen LogP contribution in [0.4, 0.5) is 0 Å². The van der Waals surface area contributed by atoms with Crippen LogP contribution in [0.2, 0.25) is 0 Å². The molecule has 5 nitrogen and oxygen atoms in total. The Morgan fingerprint density at radius 2 is 2.19 bits per heavy atom. The third-order valence-electron chi connectivity index (χ3n) is 2.10. The zero-order valence-corrected chi connectivity index (χ0v) is 9.02. The lowest BCUT2D eigenvalue weighted by Crippen LogP contribution is -2.08.